The van der Waals surface area contributed by atoms with Crippen molar-refractivity contribution >= 4 is 28.9 Å². The fraction of sp³-hybridized carbons (Fsp3) is 0.238. The molecule has 0 saturated carbocycles. The number of hydrogen-bond acceptors (Lipinski definition) is 3. The van der Waals surface area contributed by atoms with Crippen LogP contribution in [0.2, 0.25) is 5.02 Å². The number of piperidine rings is 1. The molecule has 2 heterocycles. The van der Waals surface area contributed by atoms with E-state index in [1.807, 2.05) is 48.7 Å². The average molecular weight is 381 g/mol. The topological polar surface area (TPSA) is 50.2 Å². The van der Waals surface area contributed by atoms with Crippen LogP contribution in [0.4, 0.5) is 11.4 Å². The third-order valence-electron chi connectivity index (χ3n) is 4.78. The minimum atomic E-state index is -0.162. The van der Waals surface area contributed by atoms with Crippen LogP contribution in [-0.4, -0.2) is 28.8 Å². The molecule has 1 amide bonds. The highest BCUT2D eigenvalue weighted by atomic mass is 35.5. The number of amides is 1. The highest BCUT2D eigenvalue weighted by Crippen LogP contribution is 2.31. The number of hydrogen-bond donors (Lipinski definition) is 1. The van der Waals surface area contributed by atoms with Crippen LogP contribution in [-0.2, 0) is 0 Å². The molecule has 4 rings (SSSR count). The molecule has 1 N–H and O–H groups in total. The fourth-order valence-corrected chi connectivity index (χ4v) is 3.60. The number of aromatic nitrogens is 2. The summed E-state index contributed by atoms with van der Waals surface area (Å²) in [4.78, 5) is 15.2. The van der Waals surface area contributed by atoms with Gasteiger partial charge in [-0.1, -0.05) is 17.7 Å². The molecule has 0 atom stereocenters. The number of halogens is 1. The van der Waals surface area contributed by atoms with Gasteiger partial charge in [0.05, 0.1) is 17.1 Å². The number of nitrogens with one attached hydrogen (secondary N) is 1. The summed E-state index contributed by atoms with van der Waals surface area (Å²) in [6.45, 7) is 2.00. The van der Waals surface area contributed by atoms with E-state index in [1.54, 1.807) is 16.9 Å². The monoisotopic (exact) mass is 380 g/mol. The van der Waals surface area contributed by atoms with Gasteiger partial charge in [0.2, 0.25) is 0 Å². The summed E-state index contributed by atoms with van der Waals surface area (Å²) >= 11 is 6.20. The Morgan fingerprint density at radius 2 is 1.89 bits per heavy atom. The highest BCUT2D eigenvalue weighted by Gasteiger charge is 2.17. The van der Waals surface area contributed by atoms with Crippen molar-refractivity contribution in [1.82, 2.24) is 9.78 Å². The van der Waals surface area contributed by atoms with Crippen molar-refractivity contribution in [2.24, 2.45) is 0 Å². The molecular weight excluding hydrogens is 360 g/mol. The van der Waals surface area contributed by atoms with E-state index in [-0.39, 0.29) is 5.91 Å². The first-order valence-electron chi connectivity index (χ1n) is 9.17. The lowest BCUT2D eigenvalue weighted by molar-refractivity contribution is 0.102. The number of carbonyl (C=O) groups is 1. The van der Waals surface area contributed by atoms with Gasteiger partial charge in [-0.15, -0.1) is 0 Å². The molecule has 1 fully saturated rings. The Balaban J connectivity index is 1.59. The zero-order chi connectivity index (χ0) is 18.6. The van der Waals surface area contributed by atoms with Gasteiger partial charge in [-0.2, -0.15) is 5.10 Å². The lowest BCUT2D eigenvalue weighted by Crippen LogP contribution is -2.30. The quantitative estimate of drug-likeness (QED) is 0.709. The second-order valence-electron chi connectivity index (χ2n) is 6.66. The molecule has 6 heteroatoms. The Bertz CT molecular complexity index is 933. The van der Waals surface area contributed by atoms with E-state index in [0.29, 0.717) is 10.6 Å². The predicted octanol–water partition coefficient (Wildman–Crippen LogP) is 4.77. The summed E-state index contributed by atoms with van der Waals surface area (Å²) in [5.74, 6) is -0.162. The largest absolute Gasteiger partial charge is 0.370 e. The predicted molar refractivity (Wildman–Crippen MR) is 109 cm³/mol. The summed E-state index contributed by atoms with van der Waals surface area (Å²) < 4.78 is 1.73. The van der Waals surface area contributed by atoms with Gasteiger partial charge in [-0.3, -0.25) is 4.79 Å². The molecular formula is C21H21ClN4O. The van der Waals surface area contributed by atoms with Gasteiger partial charge in [0.15, 0.2) is 0 Å². The van der Waals surface area contributed by atoms with E-state index >= 15 is 0 Å². The molecule has 5 nitrogen and oxygen atoms in total. The molecule has 0 unspecified atom stereocenters. The molecule has 1 saturated heterocycles. The second kappa shape index (κ2) is 7.84. The average Bonchev–Trinajstić information content (AvgIpc) is 3.24. The van der Waals surface area contributed by atoms with Crippen molar-refractivity contribution in [3.8, 4) is 5.69 Å². The molecule has 0 aliphatic carbocycles. The zero-order valence-electron chi connectivity index (χ0n) is 14.9. The first-order chi connectivity index (χ1) is 13.2. The molecule has 1 aromatic heterocycles. The lowest BCUT2D eigenvalue weighted by atomic mass is 10.1. The first kappa shape index (κ1) is 17.6. The van der Waals surface area contributed by atoms with Gasteiger partial charge in [0, 0.05) is 36.1 Å². The zero-order valence-corrected chi connectivity index (χ0v) is 15.7. The smallest absolute Gasteiger partial charge is 0.255 e. The number of anilines is 2. The van der Waals surface area contributed by atoms with Gasteiger partial charge in [0.25, 0.3) is 5.91 Å². The Hall–Kier alpha value is -2.79. The number of rotatable bonds is 4. The molecule has 0 radical (unpaired) electrons. The van der Waals surface area contributed by atoms with Crippen molar-refractivity contribution in [2.75, 3.05) is 23.3 Å². The molecule has 2 aromatic carbocycles. The van der Waals surface area contributed by atoms with Crippen LogP contribution in [0.1, 0.15) is 29.6 Å². The van der Waals surface area contributed by atoms with Crippen LogP contribution in [0.5, 0.6) is 0 Å². The molecule has 27 heavy (non-hydrogen) atoms. The minimum absolute atomic E-state index is 0.162. The van der Waals surface area contributed by atoms with Gasteiger partial charge in [0.1, 0.15) is 0 Å². The maximum Gasteiger partial charge on any atom is 0.255 e. The van der Waals surface area contributed by atoms with E-state index in [4.69, 9.17) is 11.6 Å². The van der Waals surface area contributed by atoms with Crippen LogP contribution in [0, 0.1) is 0 Å². The van der Waals surface area contributed by atoms with Crippen LogP contribution in [0.3, 0.4) is 0 Å². The molecule has 1 aliphatic heterocycles. The van der Waals surface area contributed by atoms with Crippen LogP contribution < -0.4 is 10.2 Å². The third kappa shape index (κ3) is 3.98. The Kier molecular flexibility index (Phi) is 5.12. The highest BCUT2D eigenvalue weighted by molar-refractivity contribution is 6.31. The Labute approximate surface area is 163 Å². The molecule has 3 aromatic rings. The number of carbonyl (C=O) groups excluding carboxylic acids is 1. The van der Waals surface area contributed by atoms with Crippen molar-refractivity contribution in [1.29, 1.82) is 0 Å². The molecule has 0 bridgehead atoms. The fourth-order valence-electron chi connectivity index (χ4n) is 3.42. The van der Waals surface area contributed by atoms with Gasteiger partial charge < -0.3 is 10.2 Å². The first-order valence-corrected chi connectivity index (χ1v) is 9.54. The second-order valence-corrected chi connectivity index (χ2v) is 7.10. The van der Waals surface area contributed by atoms with Gasteiger partial charge in [-0.05, 0) is 61.7 Å². The van der Waals surface area contributed by atoms with Crippen LogP contribution in [0.15, 0.2) is 60.9 Å². The van der Waals surface area contributed by atoms with E-state index in [1.165, 1.54) is 19.3 Å². The maximum atomic E-state index is 12.9. The van der Waals surface area contributed by atoms with Crippen molar-refractivity contribution < 1.29 is 4.79 Å². The number of benzene rings is 2. The molecule has 1 aliphatic rings. The maximum absolute atomic E-state index is 12.9. The van der Waals surface area contributed by atoms with Gasteiger partial charge >= 0.3 is 0 Å². The van der Waals surface area contributed by atoms with E-state index in [0.717, 1.165) is 30.2 Å². The van der Waals surface area contributed by atoms with Crippen molar-refractivity contribution in [2.45, 2.75) is 19.3 Å². The van der Waals surface area contributed by atoms with Crippen molar-refractivity contribution in [3.63, 3.8) is 0 Å². The van der Waals surface area contributed by atoms with Crippen molar-refractivity contribution in [3.05, 3.63) is 71.5 Å². The standard InChI is InChI=1S/C21H21ClN4O/c22-17-8-9-20(25-11-2-1-3-12-25)19(15-17)24-21(27)16-6-4-7-18(14-16)26-13-5-10-23-26/h4-10,13-15H,1-3,11-12H2,(H,24,27). The Morgan fingerprint density at radius 3 is 2.67 bits per heavy atom. The number of nitrogens with zero attached hydrogens (tertiary/aromatic N) is 3. The third-order valence-corrected chi connectivity index (χ3v) is 5.02. The summed E-state index contributed by atoms with van der Waals surface area (Å²) in [6.07, 6.45) is 7.15. The minimum Gasteiger partial charge on any atom is -0.370 e. The molecule has 138 valence electrons. The van der Waals surface area contributed by atoms with Crippen LogP contribution >= 0.6 is 11.6 Å². The van der Waals surface area contributed by atoms with E-state index in [9.17, 15) is 4.79 Å². The summed E-state index contributed by atoms with van der Waals surface area (Å²) in [5.41, 5.74) is 3.19. The molecule has 0 spiro atoms. The normalized spacial score (nSPS) is 14.2. The van der Waals surface area contributed by atoms with E-state index in [2.05, 4.69) is 15.3 Å². The summed E-state index contributed by atoms with van der Waals surface area (Å²) in [5, 5.41) is 7.87. The van der Waals surface area contributed by atoms with E-state index < -0.39 is 0 Å². The van der Waals surface area contributed by atoms with Gasteiger partial charge in [-0.25, -0.2) is 4.68 Å². The lowest BCUT2D eigenvalue weighted by Gasteiger charge is -2.30. The Morgan fingerprint density at radius 1 is 1.04 bits per heavy atom. The van der Waals surface area contributed by atoms with Crippen LogP contribution in [0.25, 0.3) is 5.69 Å². The summed E-state index contributed by atoms with van der Waals surface area (Å²) in [6, 6.07) is 14.9. The SMILES string of the molecule is O=C(Nc1cc(Cl)ccc1N1CCCCC1)c1cccc(-n2cccn2)c1. The summed E-state index contributed by atoms with van der Waals surface area (Å²) in [7, 11) is 0.